The predicted octanol–water partition coefficient (Wildman–Crippen LogP) is -1.03. The van der Waals surface area contributed by atoms with E-state index in [0.29, 0.717) is 0 Å². The van der Waals surface area contributed by atoms with Gasteiger partial charge in [-0.05, 0) is 17.2 Å². The number of morpholine rings is 1. The summed E-state index contributed by atoms with van der Waals surface area (Å²) in [6, 6.07) is 18.9. The molecule has 130 valence electrons. The van der Waals surface area contributed by atoms with Gasteiger partial charge in [-0.2, -0.15) is 0 Å². The molecule has 0 radical (unpaired) electrons. The monoisotopic (exact) mass is 347 g/mol. The third-order valence-electron chi connectivity index (χ3n) is 4.34. The van der Waals surface area contributed by atoms with Gasteiger partial charge in [0.1, 0.15) is 18.8 Å². The van der Waals surface area contributed by atoms with E-state index >= 15 is 0 Å². The van der Waals surface area contributed by atoms with Gasteiger partial charge in [0.2, 0.25) is 0 Å². The van der Waals surface area contributed by atoms with E-state index in [1.54, 1.807) is 4.90 Å². The van der Waals surface area contributed by atoms with Crippen LogP contribution in [0, 0.1) is 0 Å². The first-order valence-electron chi connectivity index (χ1n) is 8.58. The zero-order valence-corrected chi connectivity index (χ0v) is 14.8. The van der Waals surface area contributed by atoms with E-state index in [4.69, 9.17) is 9.47 Å². The van der Waals surface area contributed by atoms with Crippen LogP contribution < -0.4 is 22.0 Å². The first-order chi connectivity index (χ1) is 11.4. The standard InChI is InChI=1S/C20H25NO2.ClH/c1-2-7-18(8-3-1)17-19-9-4-5-10-20(19)23-14-6-11-21-12-15-22-16-13-21;/h1-5,7-10H,6,11-17H2;1H. The number of hydrogen-bond acceptors (Lipinski definition) is 2. The minimum atomic E-state index is 0. The molecule has 1 fully saturated rings. The van der Waals surface area contributed by atoms with Crippen LogP contribution in [0.25, 0.3) is 0 Å². The average molecular weight is 348 g/mol. The Hall–Kier alpha value is -1.55. The molecule has 0 amide bonds. The molecular formula is C20H26ClNO2. The molecule has 24 heavy (non-hydrogen) atoms. The Morgan fingerprint density at radius 1 is 0.917 bits per heavy atom. The summed E-state index contributed by atoms with van der Waals surface area (Å²) in [7, 11) is 0. The molecule has 1 heterocycles. The highest BCUT2D eigenvalue weighted by Crippen LogP contribution is 2.21. The summed E-state index contributed by atoms with van der Waals surface area (Å²) in [5.74, 6) is 1.02. The molecule has 0 atom stereocenters. The molecule has 0 spiro atoms. The van der Waals surface area contributed by atoms with Crippen LogP contribution in [0.15, 0.2) is 54.6 Å². The number of halogens is 1. The third-order valence-corrected chi connectivity index (χ3v) is 4.34. The lowest BCUT2D eigenvalue weighted by Crippen LogP contribution is -3.14. The molecule has 3 nitrogen and oxygen atoms in total. The number of rotatable bonds is 7. The van der Waals surface area contributed by atoms with Crippen LogP contribution >= 0.6 is 0 Å². The van der Waals surface area contributed by atoms with Crippen molar-refractivity contribution in [1.29, 1.82) is 0 Å². The van der Waals surface area contributed by atoms with Crippen LogP contribution in [0.3, 0.4) is 0 Å². The molecule has 0 unspecified atom stereocenters. The van der Waals surface area contributed by atoms with E-state index in [-0.39, 0.29) is 12.4 Å². The quantitative estimate of drug-likeness (QED) is 0.647. The van der Waals surface area contributed by atoms with Crippen LogP contribution in [0.4, 0.5) is 0 Å². The van der Waals surface area contributed by atoms with Crippen molar-refractivity contribution in [2.45, 2.75) is 12.8 Å². The zero-order chi connectivity index (χ0) is 15.7. The van der Waals surface area contributed by atoms with Crippen LogP contribution in [0.1, 0.15) is 17.5 Å². The Morgan fingerprint density at radius 2 is 1.62 bits per heavy atom. The molecule has 1 N–H and O–H groups in total. The molecule has 0 bridgehead atoms. The topological polar surface area (TPSA) is 22.9 Å². The first-order valence-corrected chi connectivity index (χ1v) is 8.58. The summed E-state index contributed by atoms with van der Waals surface area (Å²) in [6.45, 7) is 6.02. The second kappa shape index (κ2) is 10.3. The number of para-hydroxylation sites is 1. The maximum atomic E-state index is 6.06. The van der Waals surface area contributed by atoms with Gasteiger partial charge in [0.15, 0.2) is 0 Å². The SMILES string of the molecule is [Cl-].c1ccc(Cc2ccccc2OCCC[NH+]2CCOCC2)cc1. The summed E-state index contributed by atoms with van der Waals surface area (Å²) in [5, 5.41) is 0. The lowest BCUT2D eigenvalue weighted by molar-refractivity contribution is -0.908. The largest absolute Gasteiger partial charge is 1.00 e. The fourth-order valence-corrected chi connectivity index (χ4v) is 3.02. The van der Waals surface area contributed by atoms with E-state index in [2.05, 4.69) is 54.6 Å². The molecule has 2 aromatic carbocycles. The summed E-state index contributed by atoms with van der Waals surface area (Å²) in [4.78, 5) is 1.64. The van der Waals surface area contributed by atoms with Crippen molar-refractivity contribution >= 4 is 0 Å². The van der Waals surface area contributed by atoms with E-state index in [9.17, 15) is 0 Å². The van der Waals surface area contributed by atoms with Crippen molar-refractivity contribution in [3.63, 3.8) is 0 Å². The van der Waals surface area contributed by atoms with Crippen LogP contribution in [0.2, 0.25) is 0 Å². The third kappa shape index (κ3) is 5.82. The summed E-state index contributed by atoms with van der Waals surface area (Å²) >= 11 is 0. The van der Waals surface area contributed by atoms with Gasteiger partial charge in [-0.15, -0.1) is 0 Å². The van der Waals surface area contributed by atoms with Gasteiger partial charge >= 0.3 is 0 Å². The van der Waals surface area contributed by atoms with Crippen molar-refractivity contribution in [2.24, 2.45) is 0 Å². The number of hydrogen-bond donors (Lipinski definition) is 1. The summed E-state index contributed by atoms with van der Waals surface area (Å²) in [5.41, 5.74) is 2.58. The Balaban J connectivity index is 0.00000208. The Morgan fingerprint density at radius 3 is 2.42 bits per heavy atom. The highest BCUT2D eigenvalue weighted by Gasteiger charge is 2.13. The van der Waals surface area contributed by atoms with Crippen molar-refractivity contribution in [2.75, 3.05) is 39.5 Å². The van der Waals surface area contributed by atoms with Crippen molar-refractivity contribution in [1.82, 2.24) is 0 Å². The average Bonchev–Trinajstić information content (AvgIpc) is 2.62. The molecule has 3 rings (SSSR count). The lowest BCUT2D eigenvalue weighted by atomic mass is 10.0. The van der Waals surface area contributed by atoms with E-state index in [1.807, 2.05) is 0 Å². The van der Waals surface area contributed by atoms with E-state index < -0.39 is 0 Å². The van der Waals surface area contributed by atoms with E-state index in [0.717, 1.165) is 51.5 Å². The van der Waals surface area contributed by atoms with Crippen molar-refractivity contribution in [3.05, 3.63) is 65.7 Å². The number of ether oxygens (including phenoxy) is 2. The first kappa shape index (κ1) is 18.8. The highest BCUT2D eigenvalue weighted by molar-refractivity contribution is 5.37. The number of quaternary nitrogens is 1. The predicted molar refractivity (Wildman–Crippen MR) is 92.2 cm³/mol. The molecular weight excluding hydrogens is 322 g/mol. The second-order valence-corrected chi connectivity index (χ2v) is 6.08. The highest BCUT2D eigenvalue weighted by atomic mass is 35.5. The minimum Gasteiger partial charge on any atom is -1.00 e. The molecule has 0 saturated carbocycles. The summed E-state index contributed by atoms with van der Waals surface area (Å²) < 4.78 is 11.5. The van der Waals surface area contributed by atoms with Crippen LogP contribution in [0.5, 0.6) is 5.75 Å². The molecule has 4 heteroatoms. The second-order valence-electron chi connectivity index (χ2n) is 6.08. The Labute approximate surface area is 151 Å². The van der Waals surface area contributed by atoms with Gasteiger partial charge in [0, 0.05) is 12.8 Å². The van der Waals surface area contributed by atoms with Gasteiger partial charge in [0.25, 0.3) is 0 Å². The summed E-state index contributed by atoms with van der Waals surface area (Å²) in [6.07, 6.45) is 2.01. The molecule has 1 aliphatic rings. The number of benzene rings is 2. The maximum Gasteiger partial charge on any atom is 0.122 e. The van der Waals surface area contributed by atoms with Crippen LogP contribution in [-0.2, 0) is 11.2 Å². The Kier molecular flexibility index (Phi) is 8.10. The van der Waals surface area contributed by atoms with Crippen LogP contribution in [-0.4, -0.2) is 39.5 Å². The lowest BCUT2D eigenvalue weighted by Gasteiger charge is -2.23. The van der Waals surface area contributed by atoms with Gasteiger partial charge < -0.3 is 26.8 Å². The normalized spacial score (nSPS) is 14.8. The smallest absolute Gasteiger partial charge is 0.122 e. The molecule has 0 aromatic heterocycles. The maximum absolute atomic E-state index is 6.06. The van der Waals surface area contributed by atoms with Crippen molar-refractivity contribution < 1.29 is 26.8 Å². The van der Waals surface area contributed by atoms with Crippen molar-refractivity contribution in [3.8, 4) is 5.75 Å². The van der Waals surface area contributed by atoms with Gasteiger partial charge in [0.05, 0.1) is 26.4 Å². The molecule has 1 saturated heterocycles. The molecule has 0 aliphatic carbocycles. The number of nitrogens with one attached hydrogen (secondary N) is 1. The fraction of sp³-hybridized carbons (Fsp3) is 0.400. The zero-order valence-electron chi connectivity index (χ0n) is 14.0. The van der Waals surface area contributed by atoms with Gasteiger partial charge in [-0.1, -0.05) is 48.5 Å². The fourth-order valence-electron chi connectivity index (χ4n) is 3.02. The van der Waals surface area contributed by atoms with Gasteiger partial charge in [-0.25, -0.2) is 0 Å². The Bertz CT molecular complexity index is 585. The molecule has 2 aromatic rings. The van der Waals surface area contributed by atoms with Gasteiger partial charge in [-0.3, -0.25) is 0 Å². The van der Waals surface area contributed by atoms with E-state index in [1.165, 1.54) is 17.7 Å². The molecule has 1 aliphatic heterocycles. The minimum absolute atomic E-state index is 0.